The number of rotatable bonds is 3. The van der Waals surface area contributed by atoms with Crippen LogP contribution in [0.25, 0.3) is 10.6 Å². The summed E-state index contributed by atoms with van der Waals surface area (Å²) in [5.74, 6) is -0.103. The van der Waals surface area contributed by atoms with Crippen LogP contribution < -0.4 is 10.6 Å². The summed E-state index contributed by atoms with van der Waals surface area (Å²) >= 11 is 7.44. The third-order valence-electron chi connectivity index (χ3n) is 3.44. The van der Waals surface area contributed by atoms with E-state index in [1.165, 1.54) is 11.3 Å². The molecule has 1 aliphatic heterocycles. The number of nitrogens with zero attached hydrogens (tertiary/aromatic N) is 1. The lowest BCUT2D eigenvalue weighted by molar-refractivity contribution is 0.0926. The average molecular weight is 395 g/mol. The Kier molecular flexibility index (Phi) is 8.29. The minimum atomic E-state index is -0.103. The summed E-state index contributed by atoms with van der Waals surface area (Å²) in [7, 11) is 0. The summed E-state index contributed by atoms with van der Waals surface area (Å²) in [6.45, 7) is 1.86. The number of thiazole rings is 1. The van der Waals surface area contributed by atoms with Crippen molar-refractivity contribution in [1.29, 1.82) is 0 Å². The zero-order valence-corrected chi connectivity index (χ0v) is 15.5. The lowest BCUT2D eigenvalue weighted by Crippen LogP contribution is -2.45. The third kappa shape index (κ3) is 5.33. The lowest BCUT2D eigenvalue weighted by Gasteiger charge is -2.23. The second kappa shape index (κ2) is 9.45. The van der Waals surface area contributed by atoms with Crippen molar-refractivity contribution in [3.05, 3.63) is 40.4 Å². The van der Waals surface area contributed by atoms with E-state index < -0.39 is 0 Å². The standard InChI is InChI=1S/C15H16ClN3OS.2ClH/c16-11-4-1-3-10(7-11)15-19-13(9-21-15)14(20)18-12-5-2-6-17-8-12;;/h1,3-4,7,9,12,17H,2,5-6,8H2,(H,18,20);2*1H. The van der Waals surface area contributed by atoms with E-state index in [2.05, 4.69) is 15.6 Å². The van der Waals surface area contributed by atoms with Gasteiger partial charge in [-0.25, -0.2) is 4.98 Å². The van der Waals surface area contributed by atoms with Gasteiger partial charge in [-0.15, -0.1) is 36.2 Å². The Bertz CT molecular complexity index is 644. The molecule has 4 nitrogen and oxygen atoms in total. The molecule has 2 heterocycles. The zero-order valence-electron chi connectivity index (χ0n) is 12.3. The van der Waals surface area contributed by atoms with E-state index in [1.807, 2.05) is 24.3 Å². The smallest absolute Gasteiger partial charge is 0.271 e. The highest BCUT2D eigenvalue weighted by atomic mass is 35.5. The van der Waals surface area contributed by atoms with Gasteiger partial charge in [0.2, 0.25) is 0 Å². The van der Waals surface area contributed by atoms with Gasteiger partial charge in [0.1, 0.15) is 10.7 Å². The summed E-state index contributed by atoms with van der Waals surface area (Å²) in [5.41, 5.74) is 1.41. The fourth-order valence-electron chi connectivity index (χ4n) is 2.37. The number of benzene rings is 1. The molecule has 0 aliphatic carbocycles. The first-order chi connectivity index (χ1) is 10.2. The van der Waals surface area contributed by atoms with Crippen LogP contribution in [0.1, 0.15) is 23.3 Å². The fourth-order valence-corrected chi connectivity index (χ4v) is 3.35. The molecule has 0 saturated carbocycles. The van der Waals surface area contributed by atoms with Crippen LogP contribution >= 0.6 is 47.8 Å². The minimum absolute atomic E-state index is 0. The van der Waals surface area contributed by atoms with Gasteiger partial charge in [-0.05, 0) is 31.5 Å². The second-order valence-electron chi connectivity index (χ2n) is 5.06. The topological polar surface area (TPSA) is 54.0 Å². The monoisotopic (exact) mass is 393 g/mol. The van der Waals surface area contributed by atoms with E-state index in [-0.39, 0.29) is 36.8 Å². The predicted molar refractivity (Wildman–Crippen MR) is 100 cm³/mol. The molecular weight excluding hydrogens is 377 g/mol. The highest BCUT2D eigenvalue weighted by Crippen LogP contribution is 2.26. The molecule has 0 bridgehead atoms. The van der Waals surface area contributed by atoms with Crippen LogP contribution in [0.4, 0.5) is 0 Å². The Morgan fingerprint density at radius 2 is 2.22 bits per heavy atom. The molecule has 1 aromatic heterocycles. The van der Waals surface area contributed by atoms with Crippen LogP contribution in [0.3, 0.4) is 0 Å². The van der Waals surface area contributed by atoms with E-state index >= 15 is 0 Å². The number of carbonyl (C=O) groups excluding carboxylic acids is 1. The Morgan fingerprint density at radius 1 is 1.39 bits per heavy atom. The summed E-state index contributed by atoms with van der Waals surface area (Å²) in [6.07, 6.45) is 2.11. The molecule has 0 radical (unpaired) electrons. The predicted octanol–water partition coefficient (Wildman–Crippen LogP) is 3.79. The normalized spacial score (nSPS) is 16.8. The van der Waals surface area contributed by atoms with Crippen LogP contribution in [0, 0.1) is 0 Å². The fraction of sp³-hybridized carbons (Fsp3) is 0.333. The molecule has 1 unspecified atom stereocenters. The lowest BCUT2D eigenvalue weighted by atomic mass is 10.1. The highest BCUT2D eigenvalue weighted by molar-refractivity contribution is 7.13. The molecule has 1 aliphatic rings. The van der Waals surface area contributed by atoms with Gasteiger partial charge in [0.15, 0.2) is 0 Å². The van der Waals surface area contributed by atoms with Crippen LogP contribution in [-0.2, 0) is 0 Å². The van der Waals surface area contributed by atoms with Gasteiger partial charge in [0.25, 0.3) is 5.91 Å². The molecule has 23 heavy (non-hydrogen) atoms. The number of amides is 1. The molecule has 1 atom stereocenters. The zero-order chi connectivity index (χ0) is 14.7. The van der Waals surface area contributed by atoms with E-state index in [1.54, 1.807) is 5.38 Å². The third-order valence-corrected chi connectivity index (χ3v) is 4.57. The largest absolute Gasteiger partial charge is 0.347 e. The number of halogens is 3. The maximum atomic E-state index is 12.2. The quantitative estimate of drug-likeness (QED) is 0.833. The summed E-state index contributed by atoms with van der Waals surface area (Å²) in [5, 5.41) is 9.58. The molecule has 8 heteroatoms. The van der Waals surface area contributed by atoms with Crippen molar-refractivity contribution in [3.63, 3.8) is 0 Å². The van der Waals surface area contributed by atoms with Gasteiger partial charge in [0.05, 0.1) is 0 Å². The minimum Gasteiger partial charge on any atom is -0.347 e. The van der Waals surface area contributed by atoms with Crippen molar-refractivity contribution in [1.82, 2.24) is 15.6 Å². The molecule has 0 spiro atoms. The highest BCUT2D eigenvalue weighted by Gasteiger charge is 2.18. The van der Waals surface area contributed by atoms with Crippen molar-refractivity contribution < 1.29 is 4.79 Å². The van der Waals surface area contributed by atoms with Crippen LogP contribution in [-0.4, -0.2) is 30.0 Å². The molecule has 126 valence electrons. The number of carbonyl (C=O) groups is 1. The Morgan fingerprint density at radius 3 is 2.91 bits per heavy atom. The average Bonchev–Trinajstić information content (AvgIpc) is 2.98. The SMILES string of the molecule is Cl.Cl.O=C(NC1CCCNC1)c1csc(-c2cccc(Cl)c2)n1. The van der Waals surface area contributed by atoms with Crippen LogP contribution in [0.5, 0.6) is 0 Å². The van der Waals surface area contributed by atoms with E-state index in [0.29, 0.717) is 10.7 Å². The van der Waals surface area contributed by atoms with Crippen LogP contribution in [0.15, 0.2) is 29.6 Å². The second-order valence-corrected chi connectivity index (χ2v) is 6.36. The van der Waals surface area contributed by atoms with Crippen molar-refractivity contribution in [2.45, 2.75) is 18.9 Å². The Balaban J connectivity index is 0.00000132. The van der Waals surface area contributed by atoms with E-state index in [9.17, 15) is 4.79 Å². The van der Waals surface area contributed by atoms with Gasteiger partial charge in [-0.1, -0.05) is 23.7 Å². The number of piperidine rings is 1. The molecule has 2 aromatic rings. The van der Waals surface area contributed by atoms with Crippen molar-refractivity contribution >= 4 is 53.7 Å². The van der Waals surface area contributed by atoms with Crippen molar-refractivity contribution in [2.75, 3.05) is 13.1 Å². The van der Waals surface area contributed by atoms with Gasteiger partial charge in [0, 0.05) is 28.6 Å². The van der Waals surface area contributed by atoms with Crippen LogP contribution in [0.2, 0.25) is 5.02 Å². The molecule has 1 saturated heterocycles. The first-order valence-corrected chi connectivity index (χ1v) is 8.21. The van der Waals surface area contributed by atoms with Gasteiger partial charge < -0.3 is 10.6 Å². The van der Waals surface area contributed by atoms with Gasteiger partial charge in [-0.2, -0.15) is 0 Å². The Hall–Kier alpha value is -0.850. The number of nitrogens with one attached hydrogen (secondary N) is 2. The molecule has 1 fully saturated rings. The number of hydrogen-bond donors (Lipinski definition) is 2. The summed E-state index contributed by atoms with van der Waals surface area (Å²) in [6, 6.07) is 7.70. The van der Waals surface area contributed by atoms with E-state index in [0.717, 1.165) is 36.5 Å². The maximum absolute atomic E-state index is 12.2. The van der Waals surface area contributed by atoms with Crippen molar-refractivity contribution in [3.8, 4) is 10.6 Å². The summed E-state index contributed by atoms with van der Waals surface area (Å²) in [4.78, 5) is 16.6. The summed E-state index contributed by atoms with van der Waals surface area (Å²) < 4.78 is 0. The number of hydrogen-bond acceptors (Lipinski definition) is 4. The first-order valence-electron chi connectivity index (χ1n) is 6.95. The van der Waals surface area contributed by atoms with E-state index in [4.69, 9.17) is 11.6 Å². The Labute approximate surface area is 156 Å². The molecule has 1 aromatic carbocycles. The van der Waals surface area contributed by atoms with Crippen molar-refractivity contribution in [2.24, 2.45) is 0 Å². The van der Waals surface area contributed by atoms with Gasteiger partial charge >= 0.3 is 0 Å². The first kappa shape index (κ1) is 20.2. The molecule has 3 rings (SSSR count). The molecule has 1 amide bonds. The molecular formula is C15H18Cl3N3OS. The van der Waals surface area contributed by atoms with Gasteiger partial charge in [-0.3, -0.25) is 4.79 Å². The maximum Gasteiger partial charge on any atom is 0.271 e. The molecule has 2 N–H and O–H groups in total. The number of aromatic nitrogens is 1.